The van der Waals surface area contributed by atoms with Crippen LogP contribution in [0.3, 0.4) is 0 Å². The second-order valence-corrected chi connectivity index (χ2v) is 5.67. The van der Waals surface area contributed by atoms with E-state index < -0.39 is 0 Å². The van der Waals surface area contributed by atoms with Crippen molar-refractivity contribution in [1.29, 1.82) is 5.26 Å². The molecule has 1 aromatic carbocycles. The van der Waals surface area contributed by atoms with Crippen LogP contribution in [0.15, 0.2) is 36.0 Å². The maximum atomic E-state index is 12.4. The van der Waals surface area contributed by atoms with E-state index in [0.717, 1.165) is 18.8 Å². The fourth-order valence-corrected chi connectivity index (χ4v) is 2.33. The van der Waals surface area contributed by atoms with Crippen molar-refractivity contribution >= 4 is 23.2 Å². The van der Waals surface area contributed by atoms with Crippen LogP contribution in [0.2, 0.25) is 0 Å². The van der Waals surface area contributed by atoms with Crippen molar-refractivity contribution in [2.45, 2.75) is 6.92 Å². The van der Waals surface area contributed by atoms with Crippen molar-refractivity contribution in [2.75, 3.05) is 43.9 Å². The Kier molecular flexibility index (Phi) is 5.93. The molecule has 1 aliphatic rings. The van der Waals surface area contributed by atoms with Gasteiger partial charge in [-0.2, -0.15) is 5.26 Å². The Balaban J connectivity index is 1.99. The lowest BCUT2D eigenvalue weighted by molar-refractivity contribution is -0.128. The number of rotatable bonds is 4. The molecule has 0 radical (unpaired) electrons. The molecule has 1 aromatic rings. The molecule has 0 unspecified atom stereocenters. The fraction of sp³-hybridized carbons (Fsp3) is 0.353. The van der Waals surface area contributed by atoms with Gasteiger partial charge in [-0.15, -0.1) is 0 Å². The molecule has 2 amide bonds. The number of carbonyl (C=O) groups is 2. The number of hydrogen-bond acceptors (Lipinski definition) is 5. The topological polar surface area (TPSA) is 88.5 Å². The molecule has 7 heteroatoms. The van der Waals surface area contributed by atoms with E-state index in [1.807, 2.05) is 13.1 Å². The highest BCUT2D eigenvalue weighted by molar-refractivity contribution is 5.97. The lowest BCUT2D eigenvalue weighted by Crippen LogP contribution is -2.47. The summed E-state index contributed by atoms with van der Waals surface area (Å²) in [6, 6.07) is 8.96. The smallest absolute Gasteiger partial charge is 0.266 e. The average molecular weight is 327 g/mol. The number of piperazine rings is 1. The van der Waals surface area contributed by atoms with Crippen molar-refractivity contribution in [3.8, 4) is 6.07 Å². The summed E-state index contributed by atoms with van der Waals surface area (Å²) >= 11 is 0. The first kappa shape index (κ1) is 17.5. The van der Waals surface area contributed by atoms with E-state index in [0.29, 0.717) is 18.8 Å². The first-order valence-electron chi connectivity index (χ1n) is 7.72. The predicted molar refractivity (Wildman–Crippen MR) is 92.1 cm³/mol. The Hall–Kier alpha value is -2.85. The molecule has 0 spiro atoms. The molecule has 2 N–H and O–H groups in total. The largest absolute Gasteiger partial charge is 0.360 e. The highest BCUT2D eigenvalue weighted by atomic mass is 16.2. The maximum absolute atomic E-state index is 12.4. The number of benzene rings is 1. The van der Waals surface area contributed by atoms with Gasteiger partial charge in [-0.05, 0) is 31.3 Å². The van der Waals surface area contributed by atoms with Gasteiger partial charge in [-0.3, -0.25) is 9.59 Å². The lowest BCUT2D eigenvalue weighted by atomic mass is 10.2. The van der Waals surface area contributed by atoms with Gasteiger partial charge in [0.05, 0.1) is 0 Å². The number of nitrogens with zero attached hydrogens (tertiary/aromatic N) is 3. The summed E-state index contributed by atoms with van der Waals surface area (Å²) in [6.07, 6.45) is 1.42. The van der Waals surface area contributed by atoms with Gasteiger partial charge in [0.25, 0.3) is 5.91 Å². The van der Waals surface area contributed by atoms with Crippen molar-refractivity contribution in [3.63, 3.8) is 0 Å². The van der Waals surface area contributed by atoms with Crippen LogP contribution in [0.25, 0.3) is 0 Å². The number of nitriles is 1. The Labute approximate surface area is 141 Å². The van der Waals surface area contributed by atoms with Gasteiger partial charge in [0.1, 0.15) is 11.6 Å². The molecule has 0 atom stereocenters. The van der Waals surface area contributed by atoms with Gasteiger partial charge in [0.15, 0.2) is 0 Å². The van der Waals surface area contributed by atoms with E-state index in [-0.39, 0.29) is 17.4 Å². The minimum Gasteiger partial charge on any atom is -0.360 e. The van der Waals surface area contributed by atoms with Crippen LogP contribution in [0.4, 0.5) is 11.4 Å². The van der Waals surface area contributed by atoms with Gasteiger partial charge in [-0.1, -0.05) is 0 Å². The van der Waals surface area contributed by atoms with Gasteiger partial charge < -0.3 is 20.4 Å². The van der Waals surface area contributed by atoms with Crippen LogP contribution in [-0.2, 0) is 9.59 Å². The maximum Gasteiger partial charge on any atom is 0.266 e. The van der Waals surface area contributed by atoms with Gasteiger partial charge >= 0.3 is 0 Å². The minimum absolute atomic E-state index is 0.0745. The Morgan fingerprint density at radius 2 is 1.71 bits per heavy atom. The third-order valence-corrected chi connectivity index (χ3v) is 3.73. The van der Waals surface area contributed by atoms with Crippen molar-refractivity contribution < 1.29 is 9.59 Å². The molecule has 1 aliphatic heterocycles. The van der Waals surface area contributed by atoms with Crippen LogP contribution >= 0.6 is 0 Å². The molecule has 0 aliphatic carbocycles. The number of anilines is 2. The number of likely N-dealkylation sites (N-methyl/N-ethyl adjacent to an activating group) is 1. The Morgan fingerprint density at radius 3 is 2.25 bits per heavy atom. The number of amides is 2. The molecule has 126 valence electrons. The summed E-state index contributed by atoms with van der Waals surface area (Å²) in [5.74, 6) is -0.395. The minimum atomic E-state index is -0.257. The highest BCUT2D eigenvalue weighted by Crippen LogP contribution is 2.14. The average Bonchev–Trinajstić information content (AvgIpc) is 2.57. The molecule has 0 aromatic heterocycles. The van der Waals surface area contributed by atoms with Crippen LogP contribution in [0.1, 0.15) is 6.92 Å². The SMILES string of the molecule is CC(=O)Nc1ccc(N/C=C(/C#N)C(=O)N2CCN(C)CC2)cc1. The van der Waals surface area contributed by atoms with E-state index in [2.05, 4.69) is 15.5 Å². The van der Waals surface area contributed by atoms with Gasteiger partial charge in [-0.25, -0.2) is 0 Å². The van der Waals surface area contributed by atoms with Crippen molar-refractivity contribution in [3.05, 3.63) is 36.0 Å². The Morgan fingerprint density at radius 1 is 1.12 bits per heavy atom. The summed E-state index contributed by atoms with van der Waals surface area (Å²) in [6.45, 7) is 4.31. The van der Waals surface area contributed by atoms with Gasteiger partial charge in [0.2, 0.25) is 5.91 Å². The zero-order chi connectivity index (χ0) is 17.5. The van der Waals surface area contributed by atoms with Crippen molar-refractivity contribution in [1.82, 2.24) is 9.80 Å². The number of nitrogens with one attached hydrogen (secondary N) is 2. The Bertz CT molecular complexity index is 667. The summed E-state index contributed by atoms with van der Waals surface area (Å²) in [5, 5.41) is 14.9. The summed E-state index contributed by atoms with van der Waals surface area (Å²) in [4.78, 5) is 27.2. The third kappa shape index (κ3) is 4.83. The first-order chi connectivity index (χ1) is 11.5. The van der Waals surface area contributed by atoms with E-state index >= 15 is 0 Å². The molecule has 2 rings (SSSR count). The zero-order valence-corrected chi connectivity index (χ0v) is 13.9. The monoisotopic (exact) mass is 327 g/mol. The first-order valence-corrected chi connectivity index (χ1v) is 7.72. The third-order valence-electron chi connectivity index (χ3n) is 3.73. The number of hydrogen-bond donors (Lipinski definition) is 2. The summed E-state index contributed by atoms with van der Waals surface area (Å²) in [7, 11) is 2.01. The standard InChI is InChI=1S/C17H21N5O2/c1-13(23)20-16-5-3-15(4-6-16)19-12-14(11-18)17(24)22-9-7-21(2)8-10-22/h3-6,12,19H,7-10H2,1-2H3,(H,20,23)/b14-12-. The summed E-state index contributed by atoms with van der Waals surface area (Å²) < 4.78 is 0. The van der Waals surface area contributed by atoms with E-state index in [1.165, 1.54) is 13.1 Å². The summed E-state index contributed by atoms with van der Waals surface area (Å²) in [5.41, 5.74) is 1.49. The quantitative estimate of drug-likeness (QED) is 0.641. The second-order valence-electron chi connectivity index (χ2n) is 5.67. The van der Waals surface area contributed by atoms with E-state index in [4.69, 9.17) is 0 Å². The van der Waals surface area contributed by atoms with Crippen LogP contribution in [-0.4, -0.2) is 54.8 Å². The molecule has 0 saturated carbocycles. The molecule has 1 fully saturated rings. The molecular formula is C17H21N5O2. The molecule has 1 saturated heterocycles. The normalized spacial score (nSPS) is 15.5. The van der Waals surface area contributed by atoms with Crippen LogP contribution in [0.5, 0.6) is 0 Å². The predicted octanol–water partition coefficient (Wildman–Crippen LogP) is 1.24. The van der Waals surface area contributed by atoms with Crippen molar-refractivity contribution in [2.24, 2.45) is 0 Å². The van der Waals surface area contributed by atoms with E-state index in [1.54, 1.807) is 29.2 Å². The van der Waals surface area contributed by atoms with E-state index in [9.17, 15) is 14.9 Å². The molecule has 0 bridgehead atoms. The molecule has 1 heterocycles. The lowest BCUT2D eigenvalue weighted by Gasteiger charge is -2.32. The van der Waals surface area contributed by atoms with Crippen LogP contribution in [0, 0.1) is 11.3 Å². The second kappa shape index (κ2) is 8.13. The van der Waals surface area contributed by atoms with Gasteiger partial charge in [0, 0.05) is 50.7 Å². The molecule has 24 heavy (non-hydrogen) atoms. The highest BCUT2D eigenvalue weighted by Gasteiger charge is 2.21. The molecule has 7 nitrogen and oxygen atoms in total. The van der Waals surface area contributed by atoms with Crippen LogP contribution < -0.4 is 10.6 Å². The fourth-order valence-electron chi connectivity index (χ4n) is 2.33. The molecular weight excluding hydrogens is 306 g/mol. The zero-order valence-electron chi connectivity index (χ0n) is 13.9. The number of carbonyl (C=O) groups excluding carboxylic acids is 2.